The monoisotopic (exact) mass is 361 g/mol. The van der Waals surface area contributed by atoms with E-state index in [1.165, 1.54) is 35.7 Å². The van der Waals surface area contributed by atoms with Gasteiger partial charge in [-0.1, -0.05) is 5.92 Å². The summed E-state index contributed by atoms with van der Waals surface area (Å²) in [6.45, 7) is 9.29. The van der Waals surface area contributed by atoms with Crippen LogP contribution in [-0.2, 0) is 20.4 Å². The van der Waals surface area contributed by atoms with E-state index in [1.54, 1.807) is 20.8 Å². The van der Waals surface area contributed by atoms with E-state index in [0.29, 0.717) is 10.9 Å². The average molecular weight is 362 g/mol. The van der Waals surface area contributed by atoms with Crippen molar-refractivity contribution in [2.24, 2.45) is 0 Å². The van der Waals surface area contributed by atoms with Gasteiger partial charge in [0.25, 0.3) is 0 Å². The van der Waals surface area contributed by atoms with Crippen LogP contribution < -0.4 is 4.74 Å². The van der Waals surface area contributed by atoms with Crippen LogP contribution in [0.4, 0.5) is 0 Å². The van der Waals surface area contributed by atoms with Gasteiger partial charge in [-0.05, 0) is 77.1 Å². The zero-order chi connectivity index (χ0) is 18.4. The van der Waals surface area contributed by atoms with E-state index < -0.39 is 11.6 Å². The summed E-state index contributed by atoms with van der Waals surface area (Å²) in [6.07, 6.45) is 4.03. The first-order valence-electron chi connectivity index (χ1n) is 8.89. The maximum atomic E-state index is 12.0. The Morgan fingerprint density at radius 1 is 1.16 bits per heavy atom. The van der Waals surface area contributed by atoms with E-state index in [1.807, 2.05) is 0 Å². The molecule has 0 unspecified atom stereocenters. The number of rotatable bonds is 5. The van der Waals surface area contributed by atoms with Crippen molar-refractivity contribution >= 4 is 16.9 Å². The van der Waals surface area contributed by atoms with Crippen LogP contribution in [0, 0.1) is 25.7 Å². The lowest BCUT2D eigenvalue weighted by atomic mass is 10.1. The molecule has 1 aliphatic heterocycles. The van der Waals surface area contributed by atoms with E-state index in [0.717, 1.165) is 16.9 Å². The number of ether oxygens (including phenoxy) is 2. The predicted octanol–water partition coefficient (Wildman–Crippen LogP) is 4.19. The van der Waals surface area contributed by atoms with Crippen LogP contribution in [-0.4, -0.2) is 29.7 Å². The van der Waals surface area contributed by atoms with Crippen LogP contribution in [0.2, 0.25) is 0 Å². The van der Waals surface area contributed by atoms with Crippen molar-refractivity contribution in [1.82, 2.24) is 0 Å². The topological polar surface area (TPSA) is 35.5 Å². The van der Waals surface area contributed by atoms with Gasteiger partial charge in [-0.2, -0.15) is 0 Å². The van der Waals surface area contributed by atoms with Crippen molar-refractivity contribution in [2.75, 3.05) is 18.1 Å². The van der Waals surface area contributed by atoms with Crippen LogP contribution in [0.5, 0.6) is 5.75 Å². The van der Waals surface area contributed by atoms with Gasteiger partial charge in [0.2, 0.25) is 0 Å². The molecular weight excluding hydrogens is 332 g/mol. The lowest BCUT2D eigenvalue weighted by molar-refractivity contribution is -0.154. The molecule has 0 radical (unpaired) electrons. The zero-order valence-electron chi connectivity index (χ0n) is 16.0. The first-order chi connectivity index (χ1) is 11.8. The molecule has 2 rings (SSSR count). The molecule has 0 spiro atoms. The number of hydrogen-bond donors (Lipinski definition) is 0. The van der Waals surface area contributed by atoms with Gasteiger partial charge in [0.05, 0.1) is 0 Å². The van der Waals surface area contributed by atoms with E-state index >= 15 is 0 Å². The van der Waals surface area contributed by atoms with Crippen molar-refractivity contribution in [1.29, 1.82) is 0 Å². The van der Waals surface area contributed by atoms with Crippen molar-refractivity contribution in [3.8, 4) is 17.6 Å². The van der Waals surface area contributed by atoms with Crippen LogP contribution >= 0.6 is 0 Å². The van der Waals surface area contributed by atoms with Crippen molar-refractivity contribution in [3.05, 3.63) is 23.3 Å². The summed E-state index contributed by atoms with van der Waals surface area (Å²) in [7, 11) is 0.372. The molecule has 1 saturated heterocycles. The third-order valence-corrected chi connectivity index (χ3v) is 6.64. The fourth-order valence-electron chi connectivity index (χ4n) is 3.14. The van der Waals surface area contributed by atoms with Crippen molar-refractivity contribution in [2.45, 2.75) is 64.4 Å². The van der Waals surface area contributed by atoms with Gasteiger partial charge in [0.1, 0.15) is 17.3 Å². The van der Waals surface area contributed by atoms with Gasteiger partial charge < -0.3 is 9.47 Å². The van der Waals surface area contributed by atoms with Crippen molar-refractivity contribution < 1.29 is 14.3 Å². The number of carbonyl (C=O) groups excluding carboxylic acids is 1. The molecule has 0 aliphatic carbocycles. The Morgan fingerprint density at radius 3 is 2.32 bits per heavy atom. The largest absolute Gasteiger partial charge is 0.481 e. The quantitative estimate of drug-likeness (QED) is 0.448. The molecule has 1 aromatic carbocycles. The van der Waals surface area contributed by atoms with E-state index in [9.17, 15) is 4.79 Å². The molecule has 0 amide bonds. The summed E-state index contributed by atoms with van der Waals surface area (Å²) in [4.78, 5) is 13.5. The van der Waals surface area contributed by atoms with E-state index in [2.05, 4.69) is 37.8 Å². The van der Waals surface area contributed by atoms with Gasteiger partial charge in [-0.25, -0.2) is 4.79 Å². The second kappa shape index (κ2) is 8.67. The SMILES string of the molecule is CC#CC(C)(C)OC(=O)COc1c(C)cc([S+]2CCCCC2)cc1C. The Morgan fingerprint density at radius 2 is 1.76 bits per heavy atom. The minimum Gasteiger partial charge on any atom is -0.481 e. The first kappa shape index (κ1) is 19.7. The van der Waals surface area contributed by atoms with Gasteiger partial charge in [0, 0.05) is 10.9 Å². The highest BCUT2D eigenvalue weighted by Gasteiger charge is 2.26. The third-order valence-electron chi connectivity index (χ3n) is 4.18. The molecule has 0 saturated carbocycles. The predicted molar refractivity (Wildman–Crippen MR) is 104 cm³/mol. The Balaban J connectivity index is 2.02. The van der Waals surface area contributed by atoms with Gasteiger partial charge in [-0.3, -0.25) is 0 Å². The maximum absolute atomic E-state index is 12.0. The van der Waals surface area contributed by atoms with Crippen molar-refractivity contribution in [3.63, 3.8) is 0 Å². The molecular formula is C21H29O3S+. The lowest BCUT2D eigenvalue weighted by Gasteiger charge is -2.20. The Bertz CT molecular complexity index is 653. The van der Waals surface area contributed by atoms with Crippen LogP contribution in [0.15, 0.2) is 17.0 Å². The van der Waals surface area contributed by atoms with Gasteiger partial charge in [-0.15, -0.1) is 5.92 Å². The smallest absolute Gasteiger partial charge is 0.345 e. The average Bonchev–Trinajstić information content (AvgIpc) is 2.54. The normalized spacial score (nSPS) is 15.2. The first-order valence-corrected chi connectivity index (χ1v) is 10.5. The summed E-state index contributed by atoms with van der Waals surface area (Å²) in [5.74, 6) is 8.65. The fraction of sp³-hybridized carbons (Fsp3) is 0.571. The molecule has 3 nitrogen and oxygen atoms in total. The number of esters is 1. The second-order valence-corrected chi connectivity index (χ2v) is 9.27. The molecule has 0 aromatic heterocycles. The molecule has 1 aliphatic rings. The summed E-state index contributed by atoms with van der Waals surface area (Å²) >= 11 is 0. The zero-order valence-corrected chi connectivity index (χ0v) is 16.8. The molecule has 1 heterocycles. The number of carbonyl (C=O) groups is 1. The fourth-order valence-corrected chi connectivity index (χ4v) is 5.61. The standard InChI is InChI=1S/C21H29O3S/c1-6-10-21(4,5)24-19(22)15-23-20-16(2)13-18(14-17(20)3)25-11-8-7-9-12-25/h13-14H,7-9,11-12,15H2,1-5H3/q+1. The van der Waals surface area contributed by atoms with E-state index in [4.69, 9.17) is 9.47 Å². The summed E-state index contributed by atoms with van der Waals surface area (Å²) in [6, 6.07) is 4.46. The number of hydrogen-bond acceptors (Lipinski definition) is 3. The lowest BCUT2D eigenvalue weighted by Crippen LogP contribution is -2.29. The Kier molecular flexibility index (Phi) is 6.84. The van der Waals surface area contributed by atoms with Crippen LogP contribution in [0.3, 0.4) is 0 Å². The second-order valence-electron chi connectivity index (χ2n) is 7.00. The van der Waals surface area contributed by atoms with Gasteiger partial charge in [0.15, 0.2) is 17.1 Å². The maximum Gasteiger partial charge on any atom is 0.345 e. The molecule has 1 aromatic rings. The highest BCUT2D eigenvalue weighted by molar-refractivity contribution is 7.96. The minimum absolute atomic E-state index is 0.0957. The highest BCUT2D eigenvalue weighted by atomic mass is 32.2. The molecule has 25 heavy (non-hydrogen) atoms. The summed E-state index contributed by atoms with van der Waals surface area (Å²) in [5, 5.41) is 0. The van der Waals surface area contributed by atoms with E-state index in [-0.39, 0.29) is 6.61 Å². The summed E-state index contributed by atoms with van der Waals surface area (Å²) in [5.41, 5.74) is 1.40. The summed E-state index contributed by atoms with van der Waals surface area (Å²) < 4.78 is 11.1. The van der Waals surface area contributed by atoms with Gasteiger partial charge >= 0.3 is 5.97 Å². The van der Waals surface area contributed by atoms with Crippen LogP contribution in [0.25, 0.3) is 0 Å². The third kappa shape index (κ3) is 5.71. The molecule has 0 N–H and O–H groups in total. The molecule has 0 bridgehead atoms. The molecule has 1 fully saturated rings. The molecule has 136 valence electrons. The number of benzene rings is 1. The minimum atomic E-state index is -0.786. The Labute approximate surface area is 154 Å². The highest BCUT2D eigenvalue weighted by Crippen LogP contribution is 2.30. The number of aryl methyl sites for hydroxylation is 2. The molecule has 4 heteroatoms. The molecule has 0 atom stereocenters. The Hall–Kier alpha value is -1.60. The van der Waals surface area contributed by atoms with Crippen LogP contribution in [0.1, 0.15) is 51.2 Å².